The number of thioether (sulfide) groups is 1. The predicted octanol–water partition coefficient (Wildman–Crippen LogP) is 1.76. The van der Waals surface area contributed by atoms with Gasteiger partial charge in [0.15, 0.2) is 10.9 Å². The Kier molecular flexibility index (Phi) is 5.27. The van der Waals surface area contributed by atoms with E-state index in [4.69, 9.17) is 16.7 Å². The Labute approximate surface area is 161 Å². The van der Waals surface area contributed by atoms with Crippen molar-refractivity contribution in [3.8, 4) is 0 Å². The number of nitrogens with two attached hydrogens (primary N) is 1. The highest BCUT2D eigenvalue weighted by atomic mass is 35.5. The number of halogens is 1. The summed E-state index contributed by atoms with van der Waals surface area (Å²) >= 11 is 7.31. The molecule has 1 aliphatic rings. The molecule has 10 heteroatoms. The van der Waals surface area contributed by atoms with Crippen LogP contribution in [-0.4, -0.2) is 41.4 Å². The normalized spacial score (nSPS) is 22.2. The summed E-state index contributed by atoms with van der Waals surface area (Å²) in [7, 11) is -2.29. The molecule has 0 radical (unpaired) electrons. The van der Waals surface area contributed by atoms with Crippen molar-refractivity contribution in [3.05, 3.63) is 58.9 Å². The molecule has 26 heavy (non-hydrogen) atoms. The standard InChI is InChI=1S/C16H17ClN4O3S2/c1-21-15(20-9-11-3-2-6-19-8-11)25-10-16(21,22)12-4-5-13(17)14(7-12)26(18,23)24/h2-8,22H,9-10H2,1H3,(H2,18,23,24). The number of aliphatic imine (C=N–C) groups is 1. The zero-order valence-corrected chi connectivity index (χ0v) is 16.2. The van der Waals surface area contributed by atoms with Crippen molar-refractivity contribution in [2.24, 2.45) is 10.1 Å². The molecule has 0 bridgehead atoms. The first-order valence-corrected chi connectivity index (χ1v) is 10.5. The van der Waals surface area contributed by atoms with E-state index in [2.05, 4.69) is 9.98 Å². The van der Waals surface area contributed by atoms with E-state index in [0.717, 1.165) is 5.56 Å². The molecule has 2 heterocycles. The second kappa shape index (κ2) is 7.16. The Bertz CT molecular complexity index is 953. The van der Waals surface area contributed by atoms with Crippen molar-refractivity contribution in [2.75, 3.05) is 12.8 Å². The number of benzene rings is 1. The molecule has 7 nitrogen and oxygen atoms in total. The van der Waals surface area contributed by atoms with Crippen LogP contribution in [0.5, 0.6) is 0 Å². The lowest BCUT2D eigenvalue weighted by molar-refractivity contribution is -0.0350. The smallest absolute Gasteiger partial charge is 0.239 e. The van der Waals surface area contributed by atoms with Crippen LogP contribution in [0.25, 0.3) is 0 Å². The number of rotatable bonds is 4. The lowest BCUT2D eigenvalue weighted by Gasteiger charge is -2.31. The van der Waals surface area contributed by atoms with Gasteiger partial charge in [-0.25, -0.2) is 13.6 Å². The van der Waals surface area contributed by atoms with E-state index >= 15 is 0 Å². The van der Waals surface area contributed by atoms with Crippen molar-refractivity contribution >= 4 is 38.6 Å². The fourth-order valence-electron chi connectivity index (χ4n) is 2.57. The first-order valence-electron chi connectivity index (χ1n) is 7.57. The number of pyridine rings is 1. The minimum absolute atomic E-state index is 0.0126. The summed E-state index contributed by atoms with van der Waals surface area (Å²) in [6, 6.07) is 8.05. The number of aromatic nitrogens is 1. The Morgan fingerprint density at radius 1 is 1.46 bits per heavy atom. The second-order valence-corrected chi connectivity index (χ2v) is 8.69. The van der Waals surface area contributed by atoms with Gasteiger partial charge < -0.3 is 10.0 Å². The molecule has 1 aromatic heterocycles. The van der Waals surface area contributed by atoms with Gasteiger partial charge >= 0.3 is 0 Å². The molecular formula is C16H17ClN4O3S2. The van der Waals surface area contributed by atoms with E-state index in [1.54, 1.807) is 30.4 Å². The number of aliphatic hydroxyl groups is 1. The quantitative estimate of drug-likeness (QED) is 0.791. The average molecular weight is 413 g/mol. The molecule has 2 aromatic rings. The maximum atomic E-state index is 11.7. The van der Waals surface area contributed by atoms with Gasteiger partial charge in [0.1, 0.15) is 4.90 Å². The minimum atomic E-state index is -4.00. The second-order valence-electron chi connectivity index (χ2n) is 5.81. The van der Waals surface area contributed by atoms with Crippen molar-refractivity contribution in [1.82, 2.24) is 9.88 Å². The first kappa shape index (κ1) is 19.1. The zero-order valence-electron chi connectivity index (χ0n) is 13.8. The van der Waals surface area contributed by atoms with Crippen LogP contribution in [0.3, 0.4) is 0 Å². The number of hydrogen-bond donors (Lipinski definition) is 2. The Balaban J connectivity index is 1.89. The molecule has 0 amide bonds. The topological polar surface area (TPSA) is 109 Å². The number of primary sulfonamides is 1. The van der Waals surface area contributed by atoms with Crippen LogP contribution in [0.2, 0.25) is 5.02 Å². The van der Waals surface area contributed by atoms with E-state index in [1.807, 2.05) is 12.1 Å². The average Bonchev–Trinajstić information content (AvgIpc) is 2.89. The zero-order chi connectivity index (χ0) is 18.9. The van der Waals surface area contributed by atoms with Crippen molar-refractivity contribution < 1.29 is 13.5 Å². The highest BCUT2D eigenvalue weighted by Gasteiger charge is 2.43. The van der Waals surface area contributed by atoms with Gasteiger partial charge in [0.05, 0.1) is 17.3 Å². The summed E-state index contributed by atoms with van der Waals surface area (Å²) in [5.41, 5.74) is -0.0809. The summed E-state index contributed by atoms with van der Waals surface area (Å²) in [5.74, 6) is 0.293. The molecule has 0 saturated carbocycles. The molecule has 3 rings (SSSR count). The number of sulfonamides is 1. The summed E-state index contributed by atoms with van der Waals surface area (Å²) < 4.78 is 23.4. The van der Waals surface area contributed by atoms with Crippen LogP contribution < -0.4 is 5.14 Å². The van der Waals surface area contributed by atoms with E-state index in [-0.39, 0.29) is 9.92 Å². The third-order valence-corrected chi connectivity index (χ3v) is 6.66. The molecule has 0 aliphatic carbocycles. The maximum absolute atomic E-state index is 11.7. The molecule has 1 saturated heterocycles. The van der Waals surface area contributed by atoms with Crippen molar-refractivity contribution in [2.45, 2.75) is 17.2 Å². The van der Waals surface area contributed by atoms with Gasteiger partial charge in [-0.3, -0.25) is 9.98 Å². The summed E-state index contributed by atoms with van der Waals surface area (Å²) in [4.78, 5) is 9.96. The molecule has 1 unspecified atom stereocenters. The van der Waals surface area contributed by atoms with Gasteiger partial charge in [-0.2, -0.15) is 0 Å². The largest absolute Gasteiger partial charge is 0.366 e. The molecule has 1 atom stereocenters. The molecule has 0 spiro atoms. The first-order chi connectivity index (χ1) is 12.2. The number of amidine groups is 1. The maximum Gasteiger partial charge on any atom is 0.239 e. The van der Waals surface area contributed by atoms with E-state index in [9.17, 15) is 13.5 Å². The lowest BCUT2D eigenvalue weighted by atomic mass is 10.0. The Hall–Kier alpha value is -1.65. The minimum Gasteiger partial charge on any atom is -0.366 e. The molecule has 3 N–H and O–H groups in total. The fraction of sp³-hybridized carbons (Fsp3) is 0.250. The Morgan fingerprint density at radius 3 is 2.88 bits per heavy atom. The number of hydrogen-bond acceptors (Lipinski definition) is 6. The van der Waals surface area contributed by atoms with E-state index in [1.165, 1.54) is 23.9 Å². The molecule has 1 aromatic carbocycles. The van der Waals surface area contributed by atoms with Crippen LogP contribution in [-0.2, 0) is 22.3 Å². The Morgan fingerprint density at radius 2 is 2.23 bits per heavy atom. The SMILES string of the molecule is CN1C(=NCc2cccnc2)SCC1(O)c1ccc(Cl)c(S(N)(=O)=O)c1. The van der Waals surface area contributed by atoms with E-state index in [0.29, 0.717) is 23.0 Å². The molecule has 1 fully saturated rings. The third kappa shape index (κ3) is 3.72. The number of nitrogens with zero attached hydrogens (tertiary/aromatic N) is 3. The van der Waals surface area contributed by atoms with Crippen LogP contribution in [0, 0.1) is 0 Å². The van der Waals surface area contributed by atoms with Crippen LogP contribution in [0.4, 0.5) is 0 Å². The molecule has 1 aliphatic heterocycles. The van der Waals surface area contributed by atoms with Crippen molar-refractivity contribution in [3.63, 3.8) is 0 Å². The van der Waals surface area contributed by atoms with Gasteiger partial charge in [-0.05, 0) is 23.8 Å². The lowest BCUT2D eigenvalue weighted by Crippen LogP contribution is -2.42. The van der Waals surface area contributed by atoms with Crippen LogP contribution >= 0.6 is 23.4 Å². The van der Waals surface area contributed by atoms with Gasteiger partial charge in [-0.1, -0.05) is 35.5 Å². The fourth-order valence-corrected chi connectivity index (χ4v) is 4.83. The highest BCUT2D eigenvalue weighted by Crippen LogP contribution is 2.39. The van der Waals surface area contributed by atoms with Gasteiger partial charge in [-0.15, -0.1) is 0 Å². The third-order valence-electron chi connectivity index (χ3n) is 4.06. The van der Waals surface area contributed by atoms with Gasteiger partial charge in [0.2, 0.25) is 10.0 Å². The summed E-state index contributed by atoms with van der Waals surface area (Å²) in [6.45, 7) is 0.430. The van der Waals surface area contributed by atoms with E-state index < -0.39 is 15.7 Å². The van der Waals surface area contributed by atoms with Crippen LogP contribution in [0.15, 0.2) is 52.6 Å². The van der Waals surface area contributed by atoms with Crippen LogP contribution in [0.1, 0.15) is 11.1 Å². The molecule has 138 valence electrons. The monoisotopic (exact) mass is 412 g/mol. The molecular weight excluding hydrogens is 396 g/mol. The summed E-state index contributed by atoms with van der Waals surface area (Å²) in [5, 5.41) is 17.0. The highest BCUT2D eigenvalue weighted by molar-refractivity contribution is 8.14. The summed E-state index contributed by atoms with van der Waals surface area (Å²) in [6.07, 6.45) is 3.42. The van der Waals surface area contributed by atoms with Gasteiger partial charge in [0.25, 0.3) is 0 Å². The van der Waals surface area contributed by atoms with Crippen molar-refractivity contribution in [1.29, 1.82) is 0 Å². The van der Waals surface area contributed by atoms with Gasteiger partial charge in [0, 0.05) is 25.0 Å². The predicted molar refractivity (Wildman–Crippen MR) is 102 cm³/mol.